The van der Waals surface area contributed by atoms with Crippen molar-refractivity contribution in [3.8, 4) is 0 Å². The molecule has 2 atom stereocenters. The van der Waals surface area contributed by atoms with Gasteiger partial charge in [0.05, 0.1) is 6.61 Å². The first-order valence-electron chi connectivity index (χ1n) is 7.52. The van der Waals surface area contributed by atoms with Gasteiger partial charge < -0.3 is 4.74 Å². The van der Waals surface area contributed by atoms with Gasteiger partial charge in [0.2, 0.25) is 0 Å². The molecule has 20 heavy (non-hydrogen) atoms. The maximum Gasteiger partial charge on any atom is 0.101 e. The molecule has 0 aliphatic rings. The number of alkyl halides is 1. The zero-order chi connectivity index (χ0) is 15.0. The van der Waals surface area contributed by atoms with Crippen LogP contribution in [0.25, 0.3) is 0 Å². The SMILES string of the molecule is CCCCC(CC)COC(C)(CBr)c1ccccc1Br. The number of benzene rings is 1. The fourth-order valence-electron chi connectivity index (χ4n) is 2.28. The molecule has 1 aromatic rings. The highest BCUT2D eigenvalue weighted by atomic mass is 79.9. The number of ether oxygens (including phenoxy) is 1. The molecule has 0 radical (unpaired) electrons. The molecule has 1 rings (SSSR count). The van der Waals surface area contributed by atoms with Crippen LogP contribution in [-0.4, -0.2) is 11.9 Å². The molecule has 0 bridgehead atoms. The van der Waals surface area contributed by atoms with Crippen LogP contribution < -0.4 is 0 Å². The van der Waals surface area contributed by atoms with Crippen molar-refractivity contribution in [2.45, 2.75) is 52.1 Å². The third-order valence-corrected chi connectivity index (χ3v) is 5.64. The molecular formula is C17H26Br2O. The van der Waals surface area contributed by atoms with E-state index in [9.17, 15) is 0 Å². The van der Waals surface area contributed by atoms with Gasteiger partial charge in [-0.2, -0.15) is 0 Å². The molecule has 0 aliphatic heterocycles. The van der Waals surface area contributed by atoms with Crippen LogP contribution in [0.1, 0.15) is 52.0 Å². The number of unbranched alkanes of at least 4 members (excludes halogenated alkanes) is 1. The molecule has 0 amide bonds. The van der Waals surface area contributed by atoms with Gasteiger partial charge in [0.15, 0.2) is 0 Å². The van der Waals surface area contributed by atoms with E-state index in [0.717, 1.165) is 16.4 Å². The summed E-state index contributed by atoms with van der Waals surface area (Å²) < 4.78 is 7.43. The molecule has 1 aromatic carbocycles. The topological polar surface area (TPSA) is 9.23 Å². The van der Waals surface area contributed by atoms with Crippen molar-refractivity contribution in [1.82, 2.24) is 0 Å². The summed E-state index contributed by atoms with van der Waals surface area (Å²) in [4.78, 5) is 0. The lowest BCUT2D eigenvalue weighted by atomic mass is 9.96. The second kappa shape index (κ2) is 9.22. The Kier molecular flexibility index (Phi) is 8.38. The monoisotopic (exact) mass is 404 g/mol. The van der Waals surface area contributed by atoms with E-state index in [4.69, 9.17) is 4.74 Å². The number of halogens is 2. The van der Waals surface area contributed by atoms with Crippen LogP contribution in [0.2, 0.25) is 0 Å². The highest BCUT2D eigenvalue weighted by Crippen LogP contribution is 2.34. The highest BCUT2D eigenvalue weighted by molar-refractivity contribution is 9.10. The van der Waals surface area contributed by atoms with E-state index < -0.39 is 0 Å². The number of rotatable bonds is 9. The quantitative estimate of drug-likeness (QED) is 0.438. The Morgan fingerprint density at radius 2 is 1.95 bits per heavy atom. The van der Waals surface area contributed by atoms with Gasteiger partial charge in [-0.15, -0.1) is 0 Å². The Balaban J connectivity index is 2.72. The van der Waals surface area contributed by atoms with E-state index in [1.54, 1.807) is 0 Å². The lowest BCUT2D eigenvalue weighted by Crippen LogP contribution is -2.30. The molecule has 0 saturated heterocycles. The predicted molar refractivity (Wildman–Crippen MR) is 94.5 cm³/mol. The lowest BCUT2D eigenvalue weighted by molar-refractivity contribution is -0.0377. The molecule has 0 spiro atoms. The van der Waals surface area contributed by atoms with Crippen LogP contribution in [0.5, 0.6) is 0 Å². The first kappa shape index (κ1) is 18.2. The van der Waals surface area contributed by atoms with Gasteiger partial charge >= 0.3 is 0 Å². The maximum atomic E-state index is 6.32. The molecule has 0 heterocycles. The fourth-order valence-corrected chi connectivity index (χ4v) is 3.45. The average molecular weight is 406 g/mol. The fraction of sp³-hybridized carbons (Fsp3) is 0.647. The van der Waals surface area contributed by atoms with Gasteiger partial charge in [0.25, 0.3) is 0 Å². The van der Waals surface area contributed by atoms with Gasteiger partial charge in [-0.3, -0.25) is 0 Å². The van der Waals surface area contributed by atoms with Crippen molar-refractivity contribution >= 4 is 31.9 Å². The molecule has 3 heteroatoms. The molecule has 114 valence electrons. The van der Waals surface area contributed by atoms with Crippen LogP contribution in [0.4, 0.5) is 0 Å². The van der Waals surface area contributed by atoms with E-state index in [-0.39, 0.29) is 5.60 Å². The van der Waals surface area contributed by atoms with Crippen LogP contribution in [-0.2, 0) is 10.3 Å². The van der Waals surface area contributed by atoms with Gasteiger partial charge in [-0.05, 0) is 30.9 Å². The normalized spacial score (nSPS) is 15.8. The van der Waals surface area contributed by atoms with E-state index in [0.29, 0.717) is 5.92 Å². The third kappa shape index (κ3) is 5.16. The minimum Gasteiger partial charge on any atom is -0.369 e. The Labute approximate surface area is 140 Å². The maximum absolute atomic E-state index is 6.32. The van der Waals surface area contributed by atoms with E-state index in [1.165, 1.54) is 31.2 Å². The summed E-state index contributed by atoms with van der Waals surface area (Å²) >= 11 is 7.26. The molecule has 0 N–H and O–H groups in total. The van der Waals surface area contributed by atoms with Crippen molar-refractivity contribution in [2.24, 2.45) is 5.92 Å². The van der Waals surface area contributed by atoms with Gasteiger partial charge in [0.1, 0.15) is 5.60 Å². The second-order valence-electron chi connectivity index (χ2n) is 5.57. The molecule has 2 unspecified atom stereocenters. The van der Waals surface area contributed by atoms with Crippen molar-refractivity contribution in [3.63, 3.8) is 0 Å². The van der Waals surface area contributed by atoms with Crippen LogP contribution in [0, 0.1) is 5.92 Å². The first-order chi connectivity index (χ1) is 9.57. The zero-order valence-electron chi connectivity index (χ0n) is 12.8. The third-order valence-electron chi connectivity index (χ3n) is 3.88. The van der Waals surface area contributed by atoms with Gasteiger partial charge in [0, 0.05) is 9.80 Å². The Morgan fingerprint density at radius 1 is 1.25 bits per heavy atom. The summed E-state index contributed by atoms with van der Waals surface area (Å²) in [6.45, 7) is 7.50. The summed E-state index contributed by atoms with van der Waals surface area (Å²) in [7, 11) is 0. The summed E-state index contributed by atoms with van der Waals surface area (Å²) in [5, 5.41) is 0.798. The number of hydrogen-bond acceptors (Lipinski definition) is 1. The predicted octanol–water partition coefficient (Wildman–Crippen LogP) is 6.29. The Hall–Kier alpha value is 0.140. The summed E-state index contributed by atoms with van der Waals surface area (Å²) in [5.41, 5.74) is 0.932. The zero-order valence-corrected chi connectivity index (χ0v) is 16.0. The smallest absolute Gasteiger partial charge is 0.101 e. The molecular weight excluding hydrogens is 380 g/mol. The van der Waals surface area contributed by atoms with E-state index in [1.807, 2.05) is 6.07 Å². The van der Waals surface area contributed by atoms with Crippen LogP contribution in [0.15, 0.2) is 28.7 Å². The first-order valence-corrected chi connectivity index (χ1v) is 9.43. The highest BCUT2D eigenvalue weighted by Gasteiger charge is 2.29. The Bertz CT molecular complexity index is 394. The Morgan fingerprint density at radius 3 is 2.50 bits per heavy atom. The average Bonchev–Trinajstić information content (AvgIpc) is 2.47. The van der Waals surface area contributed by atoms with E-state index in [2.05, 4.69) is 70.8 Å². The molecule has 0 fully saturated rings. The molecule has 0 aliphatic carbocycles. The van der Waals surface area contributed by atoms with Gasteiger partial charge in [-0.1, -0.05) is 83.2 Å². The standard InChI is InChI=1S/C17H26Br2O/c1-4-6-9-14(5-2)12-20-17(3,13-18)15-10-7-8-11-16(15)19/h7-8,10-11,14H,4-6,9,12-13H2,1-3H3. The van der Waals surface area contributed by atoms with Crippen LogP contribution >= 0.6 is 31.9 Å². The van der Waals surface area contributed by atoms with Crippen molar-refractivity contribution in [1.29, 1.82) is 0 Å². The van der Waals surface area contributed by atoms with Crippen molar-refractivity contribution < 1.29 is 4.74 Å². The minimum absolute atomic E-state index is 0.278. The van der Waals surface area contributed by atoms with Crippen LogP contribution in [0.3, 0.4) is 0 Å². The summed E-state index contributed by atoms with van der Waals surface area (Å²) in [6, 6.07) is 8.32. The molecule has 0 saturated carbocycles. The summed E-state index contributed by atoms with van der Waals surface area (Å²) in [5.74, 6) is 0.663. The van der Waals surface area contributed by atoms with Gasteiger partial charge in [-0.25, -0.2) is 0 Å². The van der Waals surface area contributed by atoms with E-state index >= 15 is 0 Å². The molecule has 1 nitrogen and oxygen atoms in total. The molecule has 0 aromatic heterocycles. The summed E-state index contributed by atoms with van der Waals surface area (Å²) in [6.07, 6.45) is 5.01. The largest absolute Gasteiger partial charge is 0.369 e. The lowest BCUT2D eigenvalue weighted by Gasteiger charge is -2.31. The second-order valence-corrected chi connectivity index (χ2v) is 6.99. The number of hydrogen-bond donors (Lipinski definition) is 0. The van der Waals surface area contributed by atoms with Crippen molar-refractivity contribution in [3.05, 3.63) is 34.3 Å². The van der Waals surface area contributed by atoms with Crippen molar-refractivity contribution in [2.75, 3.05) is 11.9 Å². The minimum atomic E-state index is -0.278.